The van der Waals surface area contributed by atoms with Crippen LogP contribution in [0.4, 0.5) is 14.6 Å². The van der Waals surface area contributed by atoms with Crippen molar-refractivity contribution in [1.29, 1.82) is 0 Å². The predicted octanol–water partition coefficient (Wildman–Crippen LogP) is 3.39. The van der Waals surface area contributed by atoms with Crippen LogP contribution in [-0.2, 0) is 16.4 Å². The van der Waals surface area contributed by atoms with Gasteiger partial charge in [-0.05, 0) is 36.2 Å². The predicted molar refractivity (Wildman–Crippen MR) is 133 cm³/mol. The molecule has 1 aromatic carbocycles. The first-order valence-corrected chi connectivity index (χ1v) is 13.5. The lowest BCUT2D eigenvalue weighted by Crippen LogP contribution is -2.48. The molecule has 3 aromatic heterocycles. The molecule has 0 saturated carbocycles. The summed E-state index contributed by atoms with van der Waals surface area (Å²) in [5, 5.41) is 7.18. The summed E-state index contributed by atoms with van der Waals surface area (Å²) in [5.41, 5.74) is 2.42. The van der Waals surface area contributed by atoms with E-state index in [4.69, 9.17) is 0 Å². The van der Waals surface area contributed by atoms with Gasteiger partial charge in [-0.2, -0.15) is 9.40 Å². The number of halogens is 2. The molecule has 12 heteroatoms. The first-order chi connectivity index (χ1) is 17.2. The third-order valence-electron chi connectivity index (χ3n) is 6.22. The minimum Gasteiger partial charge on any atom is -0.354 e. The quantitative estimate of drug-likeness (QED) is 0.421. The highest BCUT2D eigenvalue weighted by Crippen LogP contribution is 2.30. The van der Waals surface area contributed by atoms with Crippen LogP contribution < -0.4 is 4.90 Å². The van der Waals surface area contributed by atoms with Gasteiger partial charge in [0.2, 0.25) is 10.0 Å². The number of nitrogens with zero attached hydrogens (tertiary/aromatic N) is 6. The van der Waals surface area contributed by atoms with E-state index >= 15 is 0 Å². The Bertz CT molecular complexity index is 1490. The second-order valence-corrected chi connectivity index (χ2v) is 10.7. The van der Waals surface area contributed by atoms with Crippen LogP contribution in [0.1, 0.15) is 18.9 Å². The Morgan fingerprint density at radius 1 is 1.03 bits per heavy atom. The van der Waals surface area contributed by atoms with Gasteiger partial charge in [0, 0.05) is 37.9 Å². The fraction of sp³-hybridized carbons (Fsp3) is 0.333. The highest BCUT2D eigenvalue weighted by Gasteiger charge is 2.24. The number of H-pyrrole nitrogens is 1. The van der Waals surface area contributed by atoms with Crippen molar-refractivity contribution in [1.82, 2.24) is 29.5 Å². The number of aromatic amines is 1. The van der Waals surface area contributed by atoms with E-state index in [1.165, 1.54) is 28.9 Å². The summed E-state index contributed by atoms with van der Waals surface area (Å²) in [7, 11) is -3.21. The summed E-state index contributed by atoms with van der Waals surface area (Å²) in [4.78, 5) is 15.1. The molecule has 1 fully saturated rings. The van der Waals surface area contributed by atoms with E-state index in [0.717, 1.165) is 12.2 Å². The molecule has 0 bridgehead atoms. The number of nitrogens with one attached hydrogen (secondary N) is 1. The number of hydrogen-bond acceptors (Lipinski definition) is 7. The number of sulfonamides is 1. The molecule has 0 atom stereocenters. The van der Waals surface area contributed by atoms with E-state index < -0.39 is 21.7 Å². The van der Waals surface area contributed by atoms with Gasteiger partial charge >= 0.3 is 0 Å². The molecule has 0 aliphatic carbocycles. The zero-order chi connectivity index (χ0) is 25.4. The average Bonchev–Trinajstić information content (AvgIpc) is 3.27. The highest BCUT2D eigenvalue weighted by molar-refractivity contribution is 7.88. The summed E-state index contributed by atoms with van der Waals surface area (Å²) in [5.74, 6) is -0.746. The third kappa shape index (κ3) is 4.65. The lowest BCUT2D eigenvalue weighted by atomic mass is 10.1. The zero-order valence-electron chi connectivity index (χ0n) is 19.9. The average molecular weight is 514 g/mol. The number of piperazine rings is 1. The lowest BCUT2D eigenvalue weighted by Gasteiger charge is -2.33. The van der Waals surface area contributed by atoms with Crippen molar-refractivity contribution in [3.05, 3.63) is 53.9 Å². The molecular formula is C24H25F2N7O2S. The summed E-state index contributed by atoms with van der Waals surface area (Å²) in [6.45, 7) is 3.82. The van der Waals surface area contributed by atoms with Crippen molar-refractivity contribution in [3.63, 3.8) is 0 Å². The fourth-order valence-corrected chi connectivity index (χ4v) is 5.20. The van der Waals surface area contributed by atoms with E-state index in [-0.39, 0.29) is 11.4 Å². The fourth-order valence-electron chi connectivity index (χ4n) is 4.37. The molecule has 1 saturated heterocycles. The van der Waals surface area contributed by atoms with Gasteiger partial charge in [0.1, 0.15) is 34.2 Å². The summed E-state index contributed by atoms with van der Waals surface area (Å²) in [6.07, 6.45) is 5.68. The van der Waals surface area contributed by atoms with Gasteiger partial charge in [-0.25, -0.2) is 32.2 Å². The maximum atomic E-state index is 14.8. The number of pyridine rings is 1. The number of aromatic nitrogens is 5. The van der Waals surface area contributed by atoms with Gasteiger partial charge < -0.3 is 4.90 Å². The van der Waals surface area contributed by atoms with Gasteiger partial charge in [0.05, 0.1) is 18.0 Å². The topological polar surface area (TPSA) is 108 Å². The molecule has 9 nitrogen and oxygen atoms in total. The molecule has 5 rings (SSSR count). The van der Waals surface area contributed by atoms with Crippen LogP contribution in [0.25, 0.3) is 33.7 Å². The number of aryl methyl sites for hydroxylation is 1. The van der Waals surface area contributed by atoms with E-state index in [0.29, 0.717) is 60.5 Å². The molecule has 0 radical (unpaired) electrons. The maximum Gasteiger partial charge on any atom is 0.211 e. The molecule has 1 aliphatic heterocycles. The van der Waals surface area contributed by atoms with Crippen molar-refractivity contribution >= 4 is 26.9 Å². The molecule has 1 aliphatic rings. The number of anilines is 1. The molecule has 4 aromatic rings. The van der Waals surface area contributed by atoms with Gasteiger partial charge in [-0.1, -0.05) is 13.3 Å². The highest BCUT2D eigenvalue weighted by atomic mass is 32.2. The van der Waals surface area contributed by atoms with Crippen molar-refractivity contribution in [2.75, 3.05) is 37.3 Å². The molecular weight excluding hydrogens is 488 g/mol. The molecule has 0 amide bonds. The van der Waals surface area contributed by atoms with E-state index in [1.807, 2.05) is 24.0 Å². The normalized spacial score (nSPS) is 15.1. The molecule has 188 valence electrons. The number of fused-ring (bicyclic) bond motifs is 1. The second-order valence-electron chi connectivity index (χ2n) is 8.77. The zero-order valence-corrected chi connectivity index (χ0v) is 20.7. The molecule has 0 spiro atoms. The number of hydrogen-bond donors (Lipinski definition) is 1. The molecule has 0 unspecified atom stereocenters. The molecule has 36 heavy (non-hydrogen) atoms. The van der Waals surface area contributed by atoms with Crippen LogP contribution in [0.3, 0.4) is 0 Å². The smallest absolute Gasteiger partial charge is 0.211 e. The van der Waals surface area contributed by atoms with Crippen molar-refractivity contribution in [3.8, 4) is 22.6 Å². The van der Waals surface area contributed by atoms with Crippen LogP contribution in [0.5, 0.6) is 0 Å². The Balaban J connectivity index is 1.42. The molecule has 4 heterocycles. The first kappa shape index (κ1) is 24.2. The van der Waals surface area contributed by atoms with Crippen molar-refractivity contribution in [2.24, 2.45) is 0 Å². The van der Waals surface area contributed by atoms with Gasteiger partial charge in [0.15, 0.2) is 5.82 Å². The number of rotatable bonds is 6. The maximum absolute atomic E-state index is 14.8. The largest absolute Gasteiger partial charge is 0.354 e. The Morgan fingerprint density at radius 3 is 2.36 bits per heavy atom. The Kier molecular flexibility index (Phi) is 6.39. The minimum absolute atomic E-state index is 0.0588. The summed E-state index contributed by atoms with van der Waals surface area (Å²) >= 11 is 0. The van der Waals surface area contributed by atoms with E-state index in [9.17, 15) is 17.2 Å². The Hall–Kier alpha value is -3.51. The third-order valence-corrected chi connectivity index (χ3v) is 7.52. The summed E-state index contributed by atoms with van der Waals surface area (Å²) in [6, 6.07) is 6.32. The Labute approximate surface area is 207 Å². The first-order valence-electron chi connectivity index (χ1n) is 11.6. The van der Waals surface area contributed by atoms with Crippen LogP contribution in [0.15, 0.2) is 36.7 Å². The van der Waals surface area contributed by atoms with Crippen LogP contribution in [0.2, 0.25) is 0 Å². The lowest BCUT2D eigenvalue weighted by molar-refractivity contribution is 0.387. The monoisotopic (exact) mass is 513 g/mol. The van der Waals surface area contributed by atoms with Crippen LogP contribution in [0, 0.1) is 11.6 Å². The van der Waals surface area contributed by atoms with Crippen LogP contribution in [-0.4, -0.2) is 70.3 Å². The van der Waals surface area contributed by atoms with Gasteiger partial charge in [-0.15, -0.1) is 0 Å². The minimum atomic E-state index is -3.21. The van der Waals surface area contributed by atoms with Gasteiger partial charge in [0.25, 0.3) is 0 Å². The van der Waals surface area contributed by atoms with Crippen molar-refractivity contribution < 1.29 is 17.2 Å². The Morgan fingerprint density at radius 2 is 1.75 bits per heavy atom. The van der Waals surface area contributed by atoms with E-state index in [2.05, 4.69) is 25.1 Å². The van der Waals surface area contributed by atoms with E-state index in [1.54, 1.807) is 6.20 Å². The van der Waals surface area contributed by atoms with Crippen molar-refractivity contribution in [2.45, 2.75) is 19.8 Å². The van der Waals surface area contributed by atoms with Gasteiger partial charge in [-0.3, -0.25) is 5.10 Å². The number of benzene rings is 1. The standard InChI is InChI=1S/C24H25F2N7O2S/c1-3-4-15-11-17(25)21(18(26)12-15)24-28-14-19-23(29-24)22(31-30-19)16-5-6-20(27-13-16)32-7-9-33(10-8-32)36(2,34)35/h5-6,11-14H,3-4,7-10H2,1-2H3,(H,30,31). The SMILES string of the molecule is CCCc1cc(F)c(-c2ncc3[nH]nc(-c4ccc(N5CCN(S(C)(=O)=O)CC5)nc4)c3n2)c(F)c1. The second kappa shape index (κ2) is 9.51. The summed E-state index contributed by atoms with van der Waals surface area (Å²) < 4.78 is 54.5. The van der Waals surface area contributed by atoms with Crippen LogP contribution >= 0.6 is 0 Å². The molecule has 1 N–H and O–H groups in total.